The summed E-state index contributed by atoms with van der Waals surface area (Å²) in [5.74, 6) is 0.905. The van der Waals surface area contributed by atoms with Crippen LogP contribution in [0.25, 0.3) is 16.9 Å². The zero-order valence-corrected chi connectivity index (χ0v) is 17.4. The van der Waals surface area contributed by atoms with E-state index in [9.17, 15) is 4.79 Å². The van der Waals surface area contributed by atoms with Gasteiger partial charge in [0.15, 0.2) is 5.82 Å². The van der Waals surface area contributed by atoms with Crippen molar-refractivity contribution < 1.29 is 0 Å². The lowest BCUT2D eigenvalue weighted by Crippen LogP contribution is -2.24. The average Bonchev–Trinajstić information content (AvgIpc) is 2.95. The fourth-order valence-corrected chi connectivity index (χ4v) is 4.19. The van der Waals surface area contributed by atoms with Gasteiger partial charge in [0.25, 0.3) is 5.56 Å². The highest BCUT2D eigenvalue weighted by molar-refractivity contribution is 7.98. The highest BCUT2D eigenvalue weighted by atomic mass is 35.5. The van der Waals surface area contributed by atoms with Gasteiger partial charge in [-0.2, -0.15) is 0 Å². The first-order valence-electron chi connectivity index (χ1n) is 8.82. The van der Waals surface area contributed by atoms with Crippen molar-refractivity contribution in [3.8, 4) is 11.4 Å². The van der Waals surface area contributed by atoms with Gasteiger partial charge in [0.2, 0.25) is 0 Å². The van der Waals surface area contributed by atoms with E-state index in [4.69, 9.17) is 16.7 Å². The number of halogens is 1. The minimum atomic E-state index is -0.0361. The first kappa shape index (κ1) is 19.1. The van der Waals surface area contributed by atoms with Gasteiger partial charge in [0.1, 0.15) is 5.52 Å². The quantitative estimate of drug-likeness (QED) is 0.557. The molecule has 0 saturated heterocycles. The topological polar surface area (TPSA) is 39.3 Å². The van der Waals surface area contributed by atoms with Gasteiger partial charge < -0.3 is 0 Å². The summed E-state index contributed by atoms with van der Waals surface area (Å²) >= 11 is 8.11. The third-order valence-electron chi connectivity index (χ3n) is 4.87. The van der Waals surface area contributed by atoms with Gasteiger partial charge in [-0.15, -0.1) is 16.9 Å². The van der Waals surface area contributed by atoms with Crippen molar-refractivity contribution >= 4 is 28.9 Å². The van der Waals surface area contributed by atoms with E-state index in [0.29, 0.717) is 22.3 Å². The molecule has 1 atom stereocenters. The van der Waals surface area contributed by atoms with Crippen LogP contribution in [-0.4, -0.2) is 20.4 Å². The van der Waals surface area contributed by atoms with E-state index in [-0.39, 0.29) is 5.56 Å². The third-order valence-corrected chi connectivity index (χ3v) is 5.91. The van der Waals surface area contributed by atoms with E-state index in [2.05, 4.69) is 19.9 Å². The third kappa shape index (κ3) is 3.19. The average molecular weight is 390 g/mol. The van der Waals surface area contributed by atoms with Crippen LogP contribution in [0, 0.1) is 6.92 Å². The Kier molecular flexibility index (Phi) is 5.49. The highest BCUT2D eigenvalue weighted by Gasteiger charge is 2.20. The standard InChI is InChI=1S/C20H24ClN3OS/c1-6-7-12(2)16-10-13(3)24-18(16)20(25)23(4)19(22-24)15-9-8-14(26-5)11-17(15)21/h8-12H,6-7H2,1-5H3. The molecule has 6 heteroatoms. The van der Waals surface area contributed by atoms with E-state index < -0.39 is 0 Å². The van der Waals surface area contributed by atoms with Crippen LogP contribution in [0.15, 0.2) is 34.0 Å². The molecule has 0 N–H and O–H groups in total. The summed E-state index contributed by atoms with van der Waals surface area (Å²) in [4.78, 5) is 14.2. The largest absolute Gasteiger partial charge is 0.292 e. The predicted octanol–water partition coefficient (Wildman–Crippen LogP) is 5.29. The summed E-state index contributed by atoms with van der Waals surface area (Å²) in [6.45, 7) is 6.32. The monoisotopic (exact) mass is 389 g/mol. The second kappa shape index (κ2) is 7.49. The van der Waals surface area contributed by atoms with E-state index in [0.717, 1.165) is 34.6 Å². The summed E-state index contributed by atoms with van der Waals surface area (Å²) in [5, 5.41) is 5.37. The van der Waals surface area contributed by atoms with Crippen LogP contribution in [0.3, 0.4) is 0 Å². The van der Waals surface area contributed by atoms with Crippen LogP contribution < -0.4 is 5.56 Å². The molecule has 0 radical (unpaired) electrons. The number of thioether (sulfide) groups is 1. The van der Waals surface area contributed by atoms with Crippen molar-refractivity contribution in [2.75, 3.05) is 6.26 Å². The van der Waals surface area contributed by atoms with Crippen LogP contribution in [0.1, 0.15) is 43.9 Å². The Bertz CT molecular complexity index is 1020. The van der Waals surface area contributed by atoms with Gasteiger partial charge in [-0.1, -0.05) is 31.9 Å². The summed E-state index contributed by atoms with van der Waals surface area (Å²) < 4.78 is 3.38. The van der Waals surface area contributed by atoms with E-state index in [1.54, 1.807) is 27.9 Å². The Labute approximate surface area is 163 Å². The lowest BCUT2D eigenvalue weighted by molar-refractivity contribution is 0.666. The molecule has 0 aliphatic heterocycles. The molecule has 4 nitrogen and oxygen atoms in total. The van der Waals surface area contributed by atoms with Gasteiger partial charge in [0.05, 0.1) is 5.02 Å². The van der Waals surface area contributed by atoms with Crippen LogP contribution in [0.2, 0.25) is 5.02 Å². The van der Waals surface area contributed by atoms with Crippen LogP contribution in [0.5, 0.6) is 0 Å². The molecule has 0 aliphatic carbocycles. The Morgan fingerprint density at radius 1 is 1.31 bits per heavy atom. The molecule has 2 heterocycles. The fourth-order valence-electron chi connectivity index (χ4n) is 3.42. The van der Waals surface area contributed by atoms with E-state index in [1.807, 2.05) is 31.4 Å². The molecule has 26 heavy (non-hydrogen) atoms. The molecule has 0 fully saturated rings. The molecular weight excluding hydrogens is 366 g/mol. The van der Waals surface area contributed by atoms with Crippen LogP contribution >= 0.6 is 23.4 Å². The van der Waals surface area contributed by atoms with Crippen molar-refractivity contribution in [1.82, 2.24) is 14.2 Å². The van der Waals surface area contributed by atoms with Gasteiger partial charge >= 0.3 is 0 Å². The Balaban J connectivity index is 2.26. The molecule has 1 unspecified atom stereocenters. The van der Waals surface area contributed by atoms with Gasteiger partial charge in [0, 0.05) is 23.2 Å². The highest BCUT2D eigenvalue weighted by Crippen LogP contribution is 2.31. The number of fused-ring (bicyclic) bond motifs is 1. The zero-order valence-electron chi connectivity index (χ0n) is 15.8. The molecule has 138 valence electrons. The molecule has 0 aliphatic rings. The smallest absolute Gasteiger partial charge is 0.278 e. The number of aryl methyl sites for hydroxylation is 1. The maximum Gasteiger partial charge on any atom is 0.278 e. The van der Waals surface area contributed by atoms with Crippen molar-refractivity contribution in [2.24, 2.45) is 7.05 Å². The summed E-state index contributed by atoms with van der Waals surface area (Å²) in [5.41, 5.74) is 3.45. The normalized spacial score (nSPS) is 12.7. The number of rotatable bonds is 5. The fraction of sp³-hybridized carbons (Fsp3) is 0.400. The number of hydrogen-bond donors (Lipinski definition) is 0. The maximum absolute atomic E-state index is 13.2. The van der Waals surface area contributed by atoms with Crippen LogP contribution in [-0.2, 0) is 7.05 Å². The summed E-state index contributed by atoms with van der Waals surface area (Å²) in [6.07, 6.45) is 4.14. The molecular formula is C20H24ClN3OS. The molecule has 2 aromatic heterocycles. The first-order chi connectivity index (χ1) is 12.4. The molecule has 0 bridgehead atoms. The number of aromatic nitrogens is 3. The summed E-state index contributed by atoms with van der Waals surface area (Å²) in [7, 11) is 1.76. The van der Waals surface area contributed by atoms with Gasteiger partial charge in [-0.3, -0.25) is 9.36 Å². The molecule has 0 saturated carbocycles. The summed E-state index contributed by atoms with van der Waals surface area (Å²) in [6, 6.07) is 7.93. The molecule has 3 rings (SSSR count). The second-order valence-electron chi connectivity index (χ2n) is 6.72. The van der Waals surface area contributed by atoms with Crippen LogP contribution in [0.4, 0.5) is 0 Å². The first-order valence-corrected chi connectivity index (χ1v) is 10.4. The van der Waals surface area contributed by atoms with E-state index in [1.165, 1.54) is 0 Å². The maximum atomic E-state index is 13.2. The van der Waals surface area contributed by atoms with Gasteiger partial charge in [-0.05, 0) is 55.3 Å². The second-order valence-corrected chi connectivity index (χ2v) is 8.01. The number of hydrogen-bond acceptors (Lipinski definition) is 3. The van der Waals surface area contributed by atoms with Crippen molar-refractivity contribution in [2.45, 2.75) is 44.4 Å². The number of nitrogens with zero attached hydrogens (tertiary/aromatic N) is 3. The Morgan fingerprint density at radius 3 is 2.65 bits per heavy atom. The minimum absolute atomic E-state index is 0.0361. The lowest BCUT2D eigenvalue weighted by atomic mass is 9.97. The number of benzene rings is 1. The van der Waals surface area contributed by atoms with Crippen molar-refractivity contribution in [3.63, 3.8) is 0 Å². The van der Waals surface area contributed by atoms with Crippen molar-refractivity contribution in [3.05, 3.63) is 50.9 Å². The van der Waals surface area contributed by atoms with E-state index >= 15 is 0 Å². The van der Waals surface area contributed by atoms with Crippen molar-refractivity contribution in [1.29, 1.82) is 0 Å². The molecule has 3 aromatic rings. The zero-order chi connectivity index (χ0) is 19.0. The molecule has 1 aromatic carbocycles. The lowest BCUT2D eigenvalue weighted by Gasteiger charge is -2.13. The Morgan fingerprint density at radius 2 is 2.04 bits per heavy atom. The minimum Gasteiger partial charge on any atom is -0.292 e. The Hall–Kier alpha value is -1.72. The predicted molar refractivity (Wildman–Crippen MR) is 111 cm³/mol. The van der Waals surface area contributed by atoms with Gasteiger partial charge in [-0.25, -0.2) is 4.52 Å². The molecule has 0 amide bonds. The molecule has 0 spiro atoms. The SMILES string of the molecule is CCCC(C)c1cc(C)n2nc(-c3ccc(SC)cc3Cl)n(C)c(=O)c12.